The van der Waals surface area contributed by atoms with Crippen molar-refractivity contribution in [2.75, 3.05) is 6.54 Å². The highest BCUT2D eigenvalue weighted by Gasteiger charge is 2.10. The van der Waals surface area contributed by atoms with Gasteiger partial charge in [-0.25, -0.2) is 0 Å². The van der Waals surface area contributed by atoms with E-state index in [1.54, 1.807) is 6.07 Å². The van der Waals surface area contributed by atoms with Gasteiger partial charge in [-0.3, -0.25) is 0 Å². The van der Waals surface area contributed by atoms with E-state index in [1.807, 2.05) is 29.9 Å². The number of hydrogen-bond donors (Lipinski definition) is 2. The quantitative estimate of drug-likeness (QED) is 0.818. The van der Waals surface area contributed by atoms with E-state index in [1.165, 1.54) is 0 Å². The van der Waals surface area contributed by atoms with Crippen LogP contribution in [0.5, 0.6) is 0 Å². The molecule has 0 aliphatic rings. The monoisotopic (exact) mass is 224 g/mol. The lowest BCUT2D eigenvalue weighted by Gasteiger charge is -2.09. The van der Waals surface area contributed by atoms with Crippen molar-refractivity contribution in [3.63, 3.8) is 0 Å². The van der Waals surface area contributed by atoms with Crippen molar-refractivity contribution in [2.24, 2.45) is 12.8 Å². The molecule has 2 rings (SSSR count). The molecule has 0 amide bonds. The minimum absolute atomic E-state index is 0.203. The molecule has 1 aromatic heterocycles. The van der Waals surface area contributed by atoms with E-state index in [0.717, 1.165) is 16.5 Å². The first kappa shape index (κ1) is 10.5. The van der Waals surface area contributed by atoms with Gasteiger partial charge >= 0.3 is 0 Å². The molecule has 0 aliphatic carbocycles. The number of aromatic nitrogens is 1. The molecule has 4 heteroatoms. The fraction of sp³-hybridized carbons (Fsp3) is 0.273. The molecule has 3 N–H and O–H groups in total. The Kier molecular flexibility index (Phi) is 2.69. The lowest BCUT2D eigenvalue weighted by atomic mass is 10.1. The van der Waals surface area contributed by atoms with Gasteiger partial charge in [0.25, 0.3) is 0 Å². The number of hydrogen-bond acceptors (Lipinski definition) is 2. The summed E-state index contributed by atoms with van der Waals surface area (Å²) in [7, 11) is 1.94. The fourth-order valence-corrected chi connectivity index (χ4v) is 2.10. The van der Waals surface area contributed by atoms with Crippen LogP contribution in [-0.4, -0.2) is 16.2 Å². The Morgan fingerprint density at radius 2 is 2.27 bits per heavy atom. The maximum absolute atomic E-state index is 9.63. The van der Waals surface area contributed by atoms with E-state index in [2.05, 4.69) is 0 Å². The van der Waals surface area contributed by atoms with E-state index in [-0.39, 0.29) is 6.54 Å². The van der Waals surface area contributed by atoms with Crippen molar-refractivity contribution in [3.05, 3.63) is 35.0 Å². The summed E-state index contributed by atoms with van der Waals surface area (Å²) < 4.78 is 1.95. The summed E-state index contributed by atoms with van der Waals surface area (Å²) in [6, 6.07) is 5.65. The number of aryl methyl sites for hydroxylation is 1. The fourth-order valence-electron chi connectivity index (χ4n) is 1.74. The van der Waals surface area contributed by atoms with E-state index in [0.29, 0.717) is 5.02 Å². The molecule has 0 radical (unpaired) electrons. The van der Waals surface area contributed by atoms with Gasteiger partial charge in [-0.05, 0) is 23.8 Å². The smallest absolute Gasteiger partial charge is 0.0912 e. The molecule has 2 aromatic rings. The van der Waals surface area contributed by atoms with Gasteiger partial charge in [0.15, 0.2) is 0 Å². The number of aliphatic hydroxyl groups excluding tert-OH is 1. The van der Waals surface area contributed by atoms with E-state index in [4.69, 9.17) is 17.3 Å². The number of rotatable bonds is 2. The normalized spacial score (nSPS) is 13.3. The zero-order chi connectivity index (χ0) is 11.0. The SMILES string of the molecule is Cn1ccc2cc([C@H](O)CN)cc(Cl)c21. The standard InChI is InChI=1S/C11H13ClN2O/c1-14-3-2-7-4-8(10(15)6-13)5-9(12)11(7)14/h2-5,10,15H,6,13H2,1H3/t10-/m1/s1. The molecule has 80 valence electrons. The summed E-state index contributed by atoms with van der Waals surface area (Å²) in [5, 5.41) is 11.3. The Bertz CT molecular complexity index is 493. The lowest BCUT2D eigenvalue weighted by molar-refractivity contribution is 0.187. The van der Waals surface area contributed by atoms with Crippen LogP contribution in [0.25, 0.3) is 10.9 Å². The highest BCUT2D eigenvalue weighted by molar-refractivity contribution is 6.35. The number of benzene rings is 1. The van der Waals surface area contributed by atoms with Crippen molar-refractivity contribution in [1.29, 1.82) is 0 Å². The second kappa shape index (κ2) is 3.85. The van der Waals surface area contributed by atoms with Crippen LogP contribution in [0.3, 0.4) is 0 Å². The zero-order valence-corrected chi connectivity index (χ0v) is 9.20. The maximum atomic E-state index is 9.63. The number of nitrogens with zero attached hydrogens (tertiary/aromatic N) is 1. The first-order chi connectivity index (χ1) is 7.13. The summed E-state index contributed by atoms with van der Waals surface area (Å²) in [5.74, 6) is 0. The van der Waals surface area contributed by atoms with Crippen LogP contribution in [0.2, 0.25) is 5.02 Å². The van der Waals surface area contributed by atoms with E-state index in [9.17, 15) is 5.11 Å². The molecule has 0 spiro atoms. The predicted molar refractivity (Wildman–Crippen MR) is 61.9 cm³/mol. The third-order valence-electron chi connectivity index (χ3n) is 2.55. The van der Waals surface area contributed by atoms with Crippen LogP contribution >= 0.6 is 11.6 Å². The Labute approximate surface area is 93.1 Å². The number of fused-ring (bicyclic) bond motifs is 1. The third-order valence-corrected chi connectivity index (χ3v) is 2.84. The second-order valence-corrected chi connectivity index (χ2v) is 4.03. The maximum Gasteiger partial charge on any atom is 0.0912 e. The average Bonchev–Trinajstić information content (AvgIpc) is 2.59. The average molecular weight is 225 g/mol. The summed E-state index contributed by atoms with van der Waals surface area (Å²) in [5.41, 5.74) is 7.15. The third kappa shape index (κ3) is 1.74. The second-order valence-electron chi connectivity index (χ2n) is 3.62. The Morgan fingerprint density at radius 3 is 2.93 bits per heavy atom. The molecule has 0 bridgehead atoms. The first-order valence-electron chi connectivity index (χ1n) is 4.76. The van der Waals surface area contributed by atoms with Crippen LogP contribution in [-0.2, 0) is 7.05 Å². The van der Waals surface area contributed by atoms with Gasteiger partial charge < -0.3 is 15.4 Å². The van der Waals surface area contributed by atoms with Crippen LogP contribution in [0.15, 0.2) is 24.4 Å². The molecule has 1 heterocycles. The molecule has 0 saturated carbocycles. The van der Waals surface area contributed by atoms with E-state index >= 15 is 0 Å². The van der Waals surface area contributed by atoms with Gasteiger partial charge in [0.05, 0.1) is 16.6 Å². The number of nitrogens with two attached hydrogens (primary N) is 1. The summed E-state index contributed by atoms with van der Waals surface area (Å²) in [6.07, 6.45) is 1.29. The van der Waals surface area contributed by atoms with Crippen molar-refractivity contribution in [1.82, 2.24) is 4.57 Å². The number of aliphatic hydroxyl groups is 1. The van der Waals surface area contributed by atoms with Crippen molar-refractivity contribution >= 4 is 22.5 Å². The largest absolute Gasteiger partial charge is 0.387 e. The molecule has 1 aromatic carbocycles. The Balaban J connectivity index is 2.63. The minimum Gasteiger partial charge on any atom is -0.387 e. The molecule has 0 unspecified atom stereocenters. The Morgan fingerprint density at radius 1 is 1.53 bits per heavy atom. The van der Waals surface area contributed by atoms with Gasteiger partial charge in [0.1, 0.15) is 0 Å². The molecule has 1 atom stereocenters. The molecule has 0 saturated heterocycles. The van der Waals surface area contributed by atoms with Crippen molar-refractivity contribution < 1.29 is 5.11 Å². The molecule has 15 heavy (non-hydrogen) atoms. The van der Waals surface area contributed by atoms with Crippen molar-refractivity contribution in [2.45, 2.75) is 6.10 Å². The minimum atomic E-state index is -0.646. The highest BCUT2D eigenvalue weighted by atomic mass is 35.5. The molecule has 3 nitrogen and oxygen atoms in total. The van der Waals surface area contributed by atoms with Crippen LogP contribution in [0.1, 0.15) is 11.7 Å². The highest BCUT2D eigenvalue weighted by Crippen LogP contribution is 2.28. The molecular formula is C11H13ClN2O. The van der Waals surface area contributed by atoms with Gasteiger partial charge in [-0.2, -0.15) is 0 Å². The first-order valence-corrected chi connectivity index (χ1v) is 5.14. The zero-order valence-electron chi connectivity index (χ0n) is 8.44. The van der Waals surface area contributed by atoms with Gasteiger partial charge in [-0.1, -0.05) is 11.6 Å². The van der Waals surface area contributed by atoms with Crippen LogP contribution in [0.4, 0.5) is 0 Å². The van der Waals surface area contributed by atoms with Gasteiger partial charge in [0, 0.05) is 25.2 Å². The van der Waals surface area contributed by atoms with Gasteiger partial charge in [0.2, 0.25) is 0 Å². The van der Waals surface area contributed by atoms with Gasteiger partial charge in [-0.15, -0.1) is 0 Å². The van der Waals surface area contributed by atoms with Crippen LogP contribution < -0.4 is 5.73 Å². The summed E-state index contributed by atoms with van der Waals surface area (Å²) >= 11 is 6.14. The van der Waals surface area contributed by atoms with Crippen molar-refractivity contribution in [3.8, 4) is 0 Å². The Hall–Kier alpha value is -1.03. The van der Waals surface area contributed by atoms with E-state index < -0.39 is 6.10 Å². The predicted octanol–water partition coefficient (Wildman–Crippen LogP) is 1.82. The lowest BCUT2D eigenvalue weighted by Crippen LogP contribution is -2.11. The topological polar surface area (TPSA) is 51.2 Å². The van der Waals surface area contributed by atoms with Crippen LogP contribution in [0, 0.1) is 0 Å². The molecule has 0 aliphatic heterocycles. The summed E-state index contributed by atoms with van der Waals surface area (Å²) in [6.45, 7) is 0.203. The summed E-state index contributed by atoms with van der Waals surface area (Å²) in [4.78, 5) is 0. The number of halogens is 1. The molecule has 0 fully saturated rings. The molecular weight excluding hydrogens is 212 g/mol.